The van der Waals surface area contributed by atoms with Crippen molar-refractivity contribution in [3.05, 3.63) is 35.9 Å². The van der Waals surface area contributed by atoms with Crippen molar-refractivity contribution < 1.29 is 14.7 Å². The van der Waals surface area contributed by atoms with Crippen molar-refractivity contribution in [2.45, 2.75) is 25.8 Å². The molecule has 19 heavy (non-hydrogen) atoms. The fourth-order valence-electron chi connectivity index (χ4n) is 1.81. The van der Waals surface area contributed by atoms with E-state index in [0.29, 0.717) is 12.1 Å². The zero-order valence-corrected chi connectivity index (χ0v) is 11.0. The first kappa shape index (κ1) is 15.2. The lowest BCUT2D eigenvalue weighted by atomic mass is 10.0. The van der Waals surface area contributed by atoms with Crippen LogP contribution < -0.4 is 11.1 Å². The van der Waals surface area contributed by atoms with Crippen LogP contribution in [0.3, 0.4) is 0 Å². The first-order valence-electron chi connectivity index (χ1n) is 6.35. The number of hydrogen-bond donors (Lipinski definition) is 3. The summed E-state index contributed by atoms with van der Waals surface area (Å²) in [5, 5.41) is 11.7. The maximum Gasteiger partial charge on any atom is 0.330 e. The predicted octanol–water partition coefficient (Wildman–Crippen LogP) is 1.30. The molecular formula is C14H20N2O3. The van der Waals surface area contributed by atoms with E-state index < -0.39 is 12.0 Å². The number of carboxylic acids is 1. The van der Waals surface area contributed by atoms with Crippen LogP contribution in [0.2, 0.25) is 0 Å². The summed E-state index contributed by atoms with van der Waals surface area (Å²) in [4.78, 5) is 23.1. The smallest absolute Gasteiger partial charge is 0.330 e. The molecule has 2 atom stereocenters. The Labute approximate surface area is 112 Å². The molecule has 1 aromatic carbocycles. The lowest BCUT2D eigenvalue weighted by molar-refractivity contribution is -0.142. The maximum absolute atomic E-state index is 11.8. The molecule has 1 aromatic rings. The first-order chi connectivity index (χ1) is 9.08. The Balaban J connectivity index is 2.70. The van der Waals surface area contributed by atoms with Gasteiger partial charge < -0.3 is 16.2 Å². The highest BCUT2D eigenvalue weighted by atomic mass is 16.4. The second kappa shape index (κ2) is 7.53. The van der Waals surface area contributed by atoms with Crippen LogP contribution in [0.4, 0.5) is 0 Å². The fraction of sp³-hybridized carbons (Fsp3) is 0.429. The van der Waals surface area contributed by atoms with E-state index in [9.17, 15) is 14.7 Å². The molecule has 104 valence electrons. The summed E-state index contributed by atoms with van der Waals surface area (Å²) >= 11 is 0. The summed E-state index contributed by atoms with van der Waals surface area (Å²) < 4.78 is 0. The van der Waals surface area contributed by atoms with Crippen LogP contribution in [0.15, 0.2) is 30.3 Å². The second-order valence-corrected chi connectivity index (χ2v) is 4.46. The lowest BCUT2D eigenvalue weighted by Gasteiger charge is -2.17. The molecule has 0 spiro atoms. The fourth-order valence-corrected chi connectivity index (χ4v) is 1.81. The predicted molar refractivity (Wildman–Crippen MR) is 72.4 cm³/mol. The molecule has 0 fully saturated rings. The average Bonchev–Trinajstić information content (AvgIpc) is 2.42. The zero-order valence-electron chi connectivity index (χ0n) is 11.0. The number of amides is 1. The third-order valence-corrected chi connectivity index (χ3v) is 3.07. The van der Waals surface area contributed by atoms with Gasteiger partial charge in [-0.2, -0.15) is 0 Å². The molecule has 5 heteroatoms. The molecule has 0 bridgehead atoms. The van der Waals surface area contributed by atoms with Gasteiger partial charge >= 0.3 is 5.97 Å². The summed E-state index contributed by atoms with van der Waals surface area (Å²) in [6.07, 6.45) is 1.05. The topological polar surface area (TPSA) is 92.4 Å². The number of hydrogen-bond acceptors (Lipinski definition) is 3. The molecule has 0 aliphatic rings. The van der Waals surface area contributed by atoms with Gasteiger partial charge in [0, 0.05) is 6.42 Å². The quantitative estimate of drug-likeness (QED) is 0.692. The van der Waals surface area contributed by atoms with E-state index in [1.807, 2.05) is 6.92 Å². The summed E-state index contributed by atoms with van der Waals surface area (Å²) in [5.74, 6) is -1.26. The van der Waals surface area contributed by atoms with Crippen LogP contribution in [0.5, 0.6) is 0 Å². The number of carbonyl (C=O) groups is 2. The first-order valence-corrected chi connectivity index (χ1v) is 6.35. The lowest BCUT2D eigenvalue weighted by Crippen LogP contribution is -2.35. The van der Waals surface area contributed by atoms with Crippen LogP contribution >= 0.6 is 0 Å². The number of carboxylic acid groups (broad SMARTS) is 1. The molecule has 0 aliphatic heterocycles. The van der Waals surface area contributed by atoms with Crippen molar-refractivity contribution in [1.29, 1.82) is 0 Å². The maximum atomic E-state index is 11.8. The Kier molecular flexibility index (Phi) is 6.02. The van der Waals surface area contributed by atoms with Gasteiger partial charge in [-0.05, 0) is 18.0 Å². The minimum absolute atomic E-state index is 0.0882. The van der Waals surface area contributed by atoms with E-state index in [-0.39, 0.29) is 18.2 Å². The normalized spacial score (nSPS) is 13.6. The number of nitrogens with one attached hydrogen (secondary N) is 1. The number of nitrogens with two attached hydrogens (primary N) is 1. The van der Waals surface area contributed by atoms with E-state index in [2.05, 4.69) is 5.32 Å². The van der Waals surface area contributed by atoms with Gasteiger partial charge in [-0.25, -0.2) is 4.79 Å². The number of rotatable bonds is 7. The highest BCUT2D eigenvalue weighted by molar-refractivity contribution is 5.84. The molecule has 1 rings (SSSR count). The zero-order chi connectivity index (χ0) is 14.3. The van der Waals surface area contributed by atoms with Crippen molar-refractivity contribution in [2.75, 3.05) is 6.54 Å². The number of aliphatic carboxylic acids is 1. The van der Waals surface area contributed by atoms with Gasteiger partial charge in [-0.1, -0.05) is 43.7 Å². The van der Waals surface area contributed by atoms with Crippen LogP contribution in [-0.4, -0.2) is 23.5 Å². The van der Waals surface area contributed by atoms with E-state index in [4.69, 9.17) is 5.73 Å². The van der Waals surface area contributed by atoms with Crippen LogP contribution in [0.25, 0.3) is 0 Å². The van der Waals surface area contributed by atoms with Crippen molar-refractivity contribution in [3.63, 3.8) is 0 Å². The summed E-state index contributed by atoms with van der Waals surface area (Å²) in [7, 11) is 0. The van der Waals surface area contributed by atoms with Gasteiger partial charge in [0.15, 0.2) is 6.04 Å². The molecule has 0 saturated heterocycles. The molecule has 0 aromatic heterocycles. The van der Waals surface area contributed by atoms with Gasteiger partial charge in [0.1, 0.15) is 0 Å². The standard InChI is InChI=1S/C14H20N2O3/c1-2-10(9-15)8-12(17)16-13(14(18)19)11-6-4-3-5-7-11/h3-7,10,13H,2,8-9,15H2,1H3,(H,16,17)(H,18,19)/t10?,13-/m0/s1. The van der Waals surface area contributed by atoms with E-state index >= 15 is 0 Å². The van der Waals surface area contributed by atoms with Crippen molar-refractivity contribution >= 4 is 11.9 Å². The molecule has 4 N–H and O–H groups in total. The highest BCUT2D eigenvalue weighted by Crippen LogP contribution is 2.14. The molecule has 1 amide bonds. The molecule has 0 aliphatic carbocycles. The van der Waals surface area contributed by atoms with Crippen LogP contribution in [0.1, 0.15) is 31.4 Å². The Morgan fingerprint density at radius 2 is 1.95 bits per heavy atom. The molecule has 1 unspecified atom stereocenters. The number of benzene rings is 1. The average molecular weight is 264 g/mol. The molecule has 0 heterocycles. The van der Waals surface area contributed by atoms with Crippen molar-refractivity contribution in [3.8, 4) is 0 Å². The van der Waals surface area contributed by atoms with Crippen molar-refractivity contribution in [2.24, 2.45) is 11.7 Å². The highest BCUT2D eigenvalue weighted by Gasteiger charge is 2.22. The Morgan fingerprint density at radius 3 is 2.42 bits per heavy atom. The molecule has 0 saturated carbocycles. The van der Waals surface area contributed by atoms with Gasteiger partial charge in [0.2, 0.25) is 5.91 Å². The Bertz CT molecular complexity index is 416. The largest absolute Gasteiger partial charge is 0.479 e. The third kappa shape index (κ3) is 4.71. The minimum atomic E-state index is -1.07. The third-order valence-electron chi connectivity index (χ3n) is 3.07. The molecule has 0 radical (unpaired) electrons. The van der Waals surface area contributed by atoms with Gasteiger partial charge in [-0.15, -0.1) is 0 Å². The van der Waals surface area contributed by atoms with Gasteiger partial charge in [0.05, 0.1) is 0 Å². The SMILES string of the molecule is CCC(CN)CC(=O)N[C@H](C(=O)O)c1ccccc1. The molecular weight excluding hydrogens is 244 g/mol. The van der Waals surface area contributed by atoms with E-state index in [0.717, 1.165) is 6.42 Å². The Morgan fingerprint density at radius 1 is 1.32 bits per heavy atom. The monoisotopic (exact) mass is 264 g/mol. The van der Waals surface area contributed by atoms with Crippen LogP contribution in [-0.2, 0) is 9.59 Å². The summed E-state index contributed by atoms with van der Waals surface area (Å²) in [6, 6.07) is 7.63. The summed E-state index contributed by atoms with van der Waals surface area (Å²) in [5.41, 5.74) is 6.10. The van der Waals surface area contributed by atoms with Crippen molar-refractivity contribution in [1.82, 2.24) is 5.32 Å². The Hall–Kier alpha value is -1.88. The number of carbonyl (C=O) groups excluding carboxylic acids is 1. The van der Waals surface area contributed by atoms with E-state index in [1.54, 1.807) is 30.3 Å². The van der Waals surface area contributed by atoms with E-state index in [1.165, 1.54) is 0 Å². The molecule has 5 nitrogen and oxygen atoms in total. The summed E-state index contributed by atoms with van der Waals surface area (Å²) in [6.45, 7) is 2.38. The second-order valence-electron chi connectivity index (χ2n) is 4.46. The van der Waals surface area contributed by atoms with Crippen LogP contribution in [0, 0.1) is 5.92 Å². The van der Waals surface area contributed by atoms with Gasteiger partial charge in [0.25, 0.3) is 0 Å². The van der Waals surface area contributed by atoms with Gasteiger partial charge in [-0.3, -0.25) is 4.79 Å². The minimum Gasteiger partial charge on any atom is -0.479 e.